The van der Waals surface area contributed by atoms with Crippen LogP contribution < -0.4 is 0 Å². The standard InChI is InChI=1S/C19H29BrO2/c1-17-8-4-6-13(17)16-14(7-10-17)18(2)12(11-15(16)20)5-3-9-19(18,21)22/h3,9,12-16,21-22H,4-8,10-11H2,1-2H3/t12?,13-,14-,15+,16-,17-,18-/m0/s1. The van der Waals surface area contributed by atoms with Crippen molar-refractivity contribution in [2.75, 3.05) is 0 Å². The van der Waals surface area contributed by atoms with Crippen molar-refractivity contribution in [3.05, 3.63) is 12.2 Å². The van der Waals surface area contributed by atoms with E-state index in [1.165, 1.54) is 25.7 Å². The highest BCUT2D eigenvalue weighted by molar-refractivity contribution is 9.09. The normalized spacial score (nSPS) is 56.1. The Hall–Kier alpha value is 0.140. The molecule has 124 valence electrons. The fraction of sp³-hybridized carbons (Fsp3) is 0.895. The summed E-state index contributed by atoms with van der Waals surface area (Å²) in [6.07, 6.45) is 12.2. The molecule has 0 aromatic rings. The largest absolute Gasteiger partial charge is 0.362 e. The molecule has 4 aliphatic carbocycles. The van der Waals surface area contributed by atoms with Crippen molar-refractivity contribution in [2.45, 2.75) is 69.4 Å². The highest BCUT2D eigenvalue weighted by Gasteiger charge is 2.65. The van der Waals surface area contributed by atoms with E-state index in [1.54, 1.807) is 6.08 Å². The molecule has 3 heteroatoms. The van der Waals surface area contributed by atoms with Gasteiger partial charge in [-0.1, -0.05) is 42.3 Å². The molecule has 1 unspecified atom stereocenters. The molecule has 0 aromatic heterocycles. The lowest BCUT2D eigenvalue weighted by Crippen LogP contribution is -2.64. The van der Waals surface area contributed by atoms with Crippen molar-refractivity contribution >= 4 is 15.9 Å². The molecule has 0 aliphatic heterocycles. The van der Waals surface area contributed by atoms with E-state index in [4.69, 9.17) is 0 Å². The van der Waals surface area contributed by atoms with Crippen LogP contribution in [-0.2, 0) is 0 Å². The van der Waals surface area contributed by atoms with E-state index in [1.807, 2.05) is 6.08 Å². The van der Waals surface area contributed by atoms with Crippen LogP contribution in [0.3, 0.4) is 0 Å². The first kappa shape index (κ1) is 15.7. The molecule has 22 heavy (non-hydrogen) atoms. The highest BCUT2D eigenvalue weighted by Crippen LogP contribution is 2.67. The Morgan fingerprint density at radius 3 is 2.64 bits per heavy atom. The van der Waals surface area contributed by atoms with Crippen molar-refractivity contribution < 1.29 is 10.2 Å². The second-order valence-electron chi connectivity index (χ2n) is 8.97. The van der Waals surface area contributed by atoms with E-state index in [9.17, 15) is 10.2 Å². The predicted molar refractivity (Wildman–Crippen MR) is 91.5 cm³/mol. The average molecular weight is 369 g/mol. The van der Waals surface area contributed by atoms with E-state index in [2.05, 4.69) is 29.8 Å². The van der Waals surface area contributed by atoms with Gasteiger partial charge in [0.1, 0.15) is 0 Å². The van der Waals surface area contributed by atoms with Crippen LogP contribution in [0.5, 0.6) is 0 Å². The number of allylic oxidation sites excluding steroid dienone is 1. The topological polar surface area (TPSA) is 40.5 Å². The van der Waals surface area contributed by atoms with Crippen LogP contribution in [0.4, 0.5) is 0 Å². The average Bonchev–Trinajstić information content (AvgIpc) is 2.83. The Kier molecular flexibility index (Phi) is 3.44. The molecule has 4 aliphatic rings. The molecule has 0 amide bonds. The predicted octanol–water partition coefficient (Wildman–Crippen LogP) is 4.25. The van der Waals surface area contributed by atoms with E-state index in [-0.39, 0.29) is 5.41 Å². The first-order valence-corrected chi connectivity index (χ1v) is 9.98. The SMILES string of the molecule is C[C@@]12CCC[C@H]1[C@@H]1[C@H](Br)CC3CC=CC(O)(O)[C@]3(C)[C@H]1CC2. The summed E-state index contributed by atoms with van der Waals surface area (Å²) in [6.45, 7) is 4.65. The van der Waals surface area contributed by atoms with Gasteiger partial charge in [-0.3, -0.25) is 0 Å². The highest BCUT2D eigenvalue weighted by atomic mass is 79.9. The molecular weight excluding hydrogens is 340 g/mol. The Balaban J connectivity index is 1.77. The molecule has 4 rings (SSSR count). The van der Waals surface area contributed by atoms with Crippen LogP contribution in [0.25, 0.3) is 0 Å². The zero-order valence-corrected chi connectivity index (χ0v) is 15.3. The van der Waals surface area contributed by atoms with Crippen LogP contribution in [0.1, 0.15) is 58.8 Å². The molecule has 2 N–H and O–H groups in total. The van der Waals surface area contributed by atoms with Crippen molar-refractivity contribution in [2.24, 2.45) is 34.5 Å². The van der Waals surface area contributed by atoms with Crippen LogP contribution >= 0.6 is 15.9 Å². The Bertz CT molecular complexity index is 502. The molecule has 0 bridgehead atoms. The minimum atomic E-state index is -1.64. The first-order chi connectivity index (χ1) is 10.3. The quantitative estimate of drug-likeness (QED) is 0.381. The van der Waals surface area contributed by atoms with Gasteiger partial charge in [0.15, 0.2) is 5.79 Å². The lowest BCUT2D eigenvalue weighted by atomic mass is 9.44. The molecule has 0 saturated heterocycles. The molecule has 2 nitrogen and oxygen atoms in total. The van der Waals surface area contributed by atoms with Crippen LogP contribution in [0.2, 0.25) is 0 Å². The molecule has 3 saturated carbocycles. The maximum absolute atomic E-state index is 10.8. The van der Waals surface area contributed by atoms with Gasteiger partial charge in [0, 0.05) is 10.2 Å². The monoisotopic (exact) mass is 368 g/mol. The second kappa shape index (κ2) is 4.83. The van der Waals surface area contributed by atoms with Crippen LogP contribution in [0.15, 0.2) is 12.2 Å². The summed E-state index contributed by atoms with van der Waals surface area (Å²) in [5, 5.41) is 21.6. The van der Waals surface area contributed by atoms with Crippen LogP contribution in [-0.4, -0.2) is 20.8 Å². The number of aliphatic hydroxyl groups is 2. The van der Waals surface area contributed by atoms with Crippen molar-refractivity contribution in [3.8, 4) is 0 Å². The Labute approximate surface area is 142 Å². The van der Waals surface area contributed by atoms with E-state index >= 15 is 0 Å². The lowest BCUT2D eigenvalue weighted by molar-refractivity contribution is -0.270. The van der Waals surface area contributed by atoms with Gasteiger partial charge >= 0.3 is 0 Å². The number of halogens is 1. The summed E-state index contributed by atoms with van der Waals surface area (Å²) in [4.78, 5) is 0.542. The molecular formula is C19H29BrO2. The van der Waals surface area contributed by atoms with Gasteiger partial charge < -0.3 is 10.2 Å². The summed E-state index contributed by atoms with van der Waals surface area (Å²) < 4.78 is 0. The van der Waals surface area contributed by atoms with Gasteiger partial charge in [0.05, 0.1) is 0 Å². The van der Waals surface area contributed by atoms with E-state index < -0.39 is 5.79 Å². The van der Waals surface area contributed by atoms with E-state index in [0.29, 0.717) is 28.0 Å². The zero-order valence-electron chi connectivity index (χ0n) is 13.8. The van der Waals surface area contributed by atoms with Gasteiger partial charge in [-0.25, -0.2) is 0 Å². The fourth-order valence-electron chi connectivity index (χ4n) is 6.86. The summed E-state index contributed by atoms with van der Waals surface area (Å²) >= 11 is 4.03. The number of hydrogen-bond donors (Lipinski definition) is 2. The molecule has 0 radical (unpaired) electrons. The van der Waals surface area contributed by atoms with Gasteiger partial charge in [-0.2, -0.15) is 0 Å². The van der Waals surface area contributed by atoms with Gasteiger partial charge in [0.25, 0.3) is 0 Å². The third-order valence-electron chi connectivity index (χ3n) is 8.22. The zero-order chi connectivity index (χ0) is 15.8. The third kappa shape index (κ3) is 1.85. The molecule has 7 atom stereocenters. The van der Waals surface area contributed by atoms with Crippen molar-refractivity contribution in [1.82, 2.24) is 0 Å². The van der Waals surface area contributed by atoms with Crippen molar-refractivity contribution in [1.29, 1.82) is 0 Å². The fourth-order valence-corrected chi connectivity index (χ4v) is 8.04. The Morgan fingerprint density at radius 1 is 1.09 bits per heavy atom. The number of fused-ring (bicyclic) bond motifs is 5. The maximum Gasteiger partial charge on any atom is 0.188 e. The smallest absolute Gasteiger partial charge is 0.188 e. The Morgan fingerprint density at radius 2 is 1.86 bits per heavy atom. The molecule has 3 fully saturated rings. The van der Waals surface area contributed by atoms with Crippen molar-refractivity contribution in [3.63, 3.8) is 0 Å². The van der Waals surface area contributed by atoms with Gasteiger partial charge in [-0.05, 0) is 73.7 Å². The minimum absolute atomic E-state index is 0.379. The summed E-state index contributed by atoms with van der Waals surface area (Å²) in [5.41, 5.74) is 0.106. The molecule has 0 aromatic carbocycles. The summed E-state index contributed by atoms with van der Waals surface area (Å²) in [6, 6.07) is 0. The molecule has 0 heterocycles. The maximum atomic E-state index is 10.8. The minimum Gasteiger partial charge on any atom is -0.362 e. The number of alkyl halides is 1. The first-order valence-electron chi connectivity index (χ1n) is 9.06. The number of rotatable bonds is 0. The van der Waals surface area contributed by atoms with Gasteiger partial charge in [0.2, 0.25) is 0 Å². The third-order valence-corrected chi connectivity index (χ3v) is 9.21. The van der Waals surface area contributed by atoms with Gasteiger partial charge in [-0.15, -0.1) is 0 Å². The summed E-state index contributed by atoms with van der Waals surface area (Å²) in [7, 11) is 0. The summed E-state index contributed by atoms with van der Waals surface area (Å²) in [5.74, 6) is 0.525. The molecule has 0 spiro atoms. The number of hydrogen-bond acceptors (Lipinski definition) is 2. The van der Waals surface area contributed by atoms with E-state index in [0.717, 1.165) is 25.2 Å². The second-order valence-corrected chi connectivity index (χ2v) is 10.1. The lowest BCUT2D eigenvalue weighted by Gasteiger charge is -2.63. The van der Waals surface area contributed by atoms with Crippen LogP contribution in [0, 0.1) is 34.5 Å².